The predicted octanol–water partition coefficient (Wildman–Crippen LogP) is -0.216. The molecule has 2 heterocycles. The maximum absolute atomic E-state index is 11.8. The number of likely N-dealkylation sites (tertiary alicyclic amines) is 1. The Bertz CT molecular complexity index is 434. The molecule has 1 unspecified atom stereocenters. The largest absolute Gasteiger partial charge is 0.481 e. The lowest BCUT2D eigenvalue weighted by atomic mass is 10.1. The fourth-order valence-corrected chi connectivity index (χ4v) is 2.05. The number of carboxylic acid groups (broad SMARTS) is 1. The fraction of sp³-hybridized carbons (Fsp3) is 0.636. The SMILES string of the molecule is O=C(O)C1CCN(C(=O)NCCCn2ccnn2)C1. The van der Waals surface area contributed by atoms with E-state index in [9.17, 15) is 9.59 Å². The van der Waals surface area contributed by atoms with Crippen molar-refractivity contribution < 1.29 is 14.7 Å². The summed E-state index contributed by atoms with van der Waals surface area (Å²) in [6.07, 6.45) is 4.65. The third-order valence-corrected chi connectivity index (χ3v) is 3.14. The Morgan fingerprint density at radius 2 is 2.32 bits per heavy atom. The summed E-state index contributed by atoms with van der Waals surface area (Å²) in [6.45, 7) is 2.03. The van der Waals surface area contributed by atoms with E-state index >= 15 is 0 Å². The van der Waals surface area contributed by atoms with Gasteiger partial charge in [-0.25, -0.2) is 4.79 Å². The van der Waals surface area contributed by atoms with E-state index in [0.29, 0.717) is 32.6 Å². The van der Waals surface area contributed by atoms with Gasteiger partial charge in [-0.05, 0) is 12.8 Å². The van der Waals surface area contributed by atoms with E-state index in [1.165, 1.54) is 0 Å². The molecule has 2 N–H and O–H groups in total. The van der Waals surface area contributed by atoms with Crippen LogP contribution in [0.5, 0.6) is 0 Å². The van der Waals surface area contributed by atoms with Gasteiger partial charge in [-0.15, -0.1) is 5.10 Å². The highest BCUT2D eigenvalue weighted by Crippen LogP contribution is 2.15. The van der Waals surface area contributed by atoms with E-state index in [1.54, 1.807) is 22.0 Å². The number of hydrogen-bond donors (Lipinski definition) is 2. The molecule has 1 fully saturated rings. The average molecular weight is 267 g/mol. The zero-order chi connectivity index (χ0) is 13.7. The Labute approximate surface area is 110 Å². The summed E-state index contributed by atoms with van der Waals surface area (Å²) in [5, 5.41) is 19.1. The highest BCUT2D eigenvalue weighted by atomic mass is 16.4. The molecular formula is C11H17N5O3. The normalized spacial score (nSPS) is 18.5. The number of rotatable bonds is 5. The first kappa shape index (κ1) is 13.3. The molecule has 104 valence electrons. The summed E-state index contributed by atoms with van der Waals surface area (Å²) in [6, 6.07) is -0.192. The van der Waals surface area contributed by atoms with Crippen LogP contribution in [-0.2, 0) is 11.3 Å². The molecule has 2 rings (SSSR count). The molecular weight excluding hydrogens is 250 g/mol. The van der Waals surface area contributed by atoms with Gasteiger partial charge >= 0.3 is 12.0 Å². The standard InChI is InChI=1S/C11H17N5O3/c17-10(18)9-2-6-15(8-9)11(19)12-3-1-5-16-7-4-13-14-16/h4,7,9H,1-3,5-6,8H2,(H,12,19)(H,17,18). The van der Waals surface area contributed by atoms with Crippen LogP contribution in [0.25, 0.3) is 0 Å². The van der Waals surface area contributed by atoms with Gasteiger partial charge in [-0.3, -0.25) is 9.48 Å². The molecule has 1 aliphatic rings. The van der Waals surface area contributed by atoms with Crippen molar-refractivity contribution in [1.29, 1.82) is 0 Å². The van der Waals surface area contributed by atoms with Crippen molar-refractivity contribution in [2.24, 2.45) is 5.92 Å². The molecule has 0 radical (unpaired) electrons. The van der Waals surface area contributed by atoms with Gasteiger partial charge in [0.05, 0.1) is 12.1 Å². The average Bonchev–Trinajstić information content (AvgIpc) is 3.05. The number of carbonyl (C=O) groups is 2. The summed E-state index contributed by atoms with van der Waals surface area (Å²) in [7, 11) is 0. The Balaban J connectivity index is 1.63. The second kappa shape index (κ2) is 6.17. The predicted molar refractivity (Wildman–Crippen MR) is 65.4 cm³/mol. The number of nitrogens with one attached hydrogen (secondary N) is 1. The monoisotopic (exact) mass is 267 g/mol. The van der Waals surface area contributed by atoms with Crippen molar-refractivity contribution in [1.82, 2.24) is 25.2 Å². The van der Waals surface area contributed by atoms with Gasteiger partial charge in [-0.2, -0.15) is 0 Å². The highest BCUT2D eigenvalue weighted by Gasteiger charge is 2.30. The quantitative estimate of drug-likeness (QED) is 0.719. The van der Waals surface area contributed by atoms with Crippen LogP contribution in [0.15, 0.2) is 12.4 Å². The Kier molecular flexibility index (Phi) is 4.32. The number of amides is 2. The molecule has 8 nitrogen and oxygen atoms in total. The molecule has 0 saturated carbocycles. The number of carbonyl (C=O) groups excluding carboxylic acids is 1. The van der Waals surface area contributed by atoms with Gasteiger partial charge in [0.2, 0.25) is 0 Å². The van der Waals surface area contributed by atoms with Crippen molar-refractivity contribution in [2.75, 3.05) is 19.6 Å². The van der Waals surface area contributed by atoms with E-state index < -0.39 is 11.9 Å². The molecule has 0 bridgehead atoms. The van der Waals surface area contributed by atoms with Gasteiger partial charge < -0.3 is 15.3 Å². The smallest absolute Gasteiger partial charge is 0.317 e. The van der Waals surface area contributed by atoms with E-state index in [2.05, 4.69) is 15.6 Å². The summed E-state index contributed by atoms with van der Waals surface area (Å²) in [5.41, 5.74) is 0. The van der Waals surface area contributed by atoms with Gasteiger partial charge in [-0.1, -0.05) is 5.21 Å². The first-order valence-electron chi connectivity index (χ1n) is 6.26. The van der Waals surface area contributed by atoms with E-state index in [-0.39, 0.29) is 6.03 Å². The highest BCUT2D eigenvalue weighted by molar-refractivity contribution is 5.77. The minimum atomic E-state index is -0.832. The number of nitrogens with zero attached hydrogens (tertiary/aromatic N) is 4. The van der Waals surface area contributed by atoms with Crippen molar-refractivity contribution in [3.05, 3.63) is 12.4 Å². The van der Waals surface area contributed by atoms with E-state index in [4.69, 9.17) is 5.11 Å². The Morgan fingerprint density at radius 3 is 2.95 bits per heavy atom. The minimum absolute atomic E-state index is 0.192. The zero-order valence-corrected chi connectivity index (χ0v) is 10.5. The Hall–Kier alpha value is -2.12. The van der Waals surface area contributed by atoms with Gasteiger partial charge in [0.25, 0.3) is 0 Å². The number of carboxylic acids is 1. The molecule has 0 aliphatic carbocycles. The minimum Gasteiger partial charge on any atom is -0.481 e. The van der Waals surface area contributed by atoms with Crippen LogP contribution in [0.4, 0.5) is 4.79 Å². The van der Waals surface area contributed by atoms with Crippen LogP contribution in [-0.4, -0.2) is 56.6 Å². The molecule has 8 heteroatoms. The fourth-order valence-electron chi connectivity index (χ4n) is 2.05. The van der Waals surface area contributed by atoms with Crippen LogP contribution >= 0.6 is 0 Å². The van der Waals surface area contributed by atoms with Crippen LogP contribution < -0.4 is 5.32 Å². The van der Waals surface area contributed by atoms with E-state index in [1.807, 2.05) is 0 Å². The summed E-state index contributed by atoms with van der Waals surface area (Å²) >= 11 is 0. The van der Waals surface area contributed by atoms with Crippen molar-refractivity contribution in [3.8, 4) is 0 Å². The number of urea groups is 1. The van der Waals surface area contributed by atoms with Crippen molar-refractivity contribution in [3.63, 3.8) is 0 Å². The summed E-state index contributed by atoms with van der Waals surface area (Å²) < 4.78 is 1.70. The second-order valence-electron chi connectivity index (χ2n) is 4.52. The third-order valence-electron chi connectivity index (χ3n) is 3.14. The van der Waals surface area contributed by atoms with E-state index in [0.717, 1.165) is 6.42 Å². The first-order chi connectivity index (χ1) is 9.16. The molecule has 1 atom stereocenters. The van der Waals surface area contributed by atoms with Crippen LogP contribution in [0.1, 0.15) is 12.8 Å². The van der Waals surface area contributed by atoms with Gasteiger partial charge in [0, 0.05) is 32.4 Å². The number of aromatic nitrogens is 3. The van der Waals surface area contributed by atoms with Gasteiger partial charge in [0.15, 0.2) is 0 Å². The maximum Gasteiger partial charge on any atom is 0.317 e. The van der Waals surface area contributed by atoms with Crippen LogP contribution in [0, 0.1) is 5.92 Å². The van der Waals surface area contributed by atoms with Crippen LogP contribution in [0.2, 0.25) is 0 Å². The molecule has 2 amide bonds. The second-order valence-corrected chi connectivity index (χ2v) is 4.52. The topological polar surface area (TPSA) is 100 Å². The Morgan fingerprint density at radius 1 is 1.47 bits per heavy atom. The summed E-state index contributed by atoms with van der Waals surface area (Å²) in [4.78, 5) is 24.1. The zero-order valence-electron chi connectivity index (χ0n) is 10.5. The number of aliphatic carboxylic acids is 1. The molecule has 0 spiro atoms. The van der Waals surface area contributed by atoms with Crippen LogP contribution in [0.3, 0.4) is 0 Å². The third kappa shape index (κ3) is 3.67. The van der Waals surface area contributed by atoms with Gasteiger partial charge in [0.1, 0.15) is 0 Å². The molecule has 1 saturated heterocycles. The first-order valence-corrected chi connectivity index (χ1v) is 6.26. The molecule has 0 aromatic carbocycles. The summed E-state index contributed by atoms with van der Waals surface area (Å²) in [5.74, 6) is -1.26. The number of hydrogen-bond acceptors (Lipinski definition) is 4. The van der Waals surface area contributed by atoms with Crippen molar-refractivity contribution >= 4 is 12.0 Å². The lowest BCUT2D eigenvalue weighted by Gasteiger charge is -2.16. The molecule has 1 aromatic heterocycles. The lowest BCUT2D eigenvalue weighted by Crippen LogP contribution is -2.39. The molecule has 19 heavy (non-hydrogen) atoms. The lowest BCUT2D eigenvalue weighted by molar-refractivity contribution is -0.141. The molecule has 1 aromatic rings. The van der Waals surface area contributed by atoms with Crippen molar-refractivity contribution in [2.45, 2.75) is 19.4 Å². The molecule has 1 aliphatic heterocycles. The number of aryl methyl sites for hydroxylation is 1. The maximum atomic E-state index is 11.8.